The number of anilines is 1. The molecule has 5 heteroatoms. The largest absolute Gasteiger partial charge is 0.383 e. The fourth-order valence-corrected chi connectivity index (χ4v) is 2.35. The van der Waals surface area contributed by atoms with Crippen LogP contribution in [0.5, 0.6) is 0 Å². The molecular formula is C16H27ClN2O2. The molecule has 1 rings (SSSR count). The summed E-state index contributed by atoms with van der Waals surface area (Å²) in [6.45, 7) is 5.05. The Morgan fingerprint density at radius 1 is 1.19 bits per heavy atom. The van der Waals surface area contributed by atoms with E-state index in [1.807, 2.05) is 6.07 Å². The summed E-state index contributed by atoms with van der Waals surface area (Å²) < 4.78 is 10.3. The molecule has 2 N–H and O–H groups in total. The normalized spacial score (nSPS) is 12.4. The average molecular weight is 315 g/mol. The summed E-state index contributed by atoms with van der Waals surface area (Å²) in [6, 6.07) is 6.32. The van der Waals surface area contributed by atoms with Crippen LogP contribution in [-0.2, 0) is 15.9 Å². The van der Waals surface area contributed by atoms with Gasteiger partial charge in [0.15, 0.2) is 0 Å². The molecular weight excluding hydrogens is 288 g/mol. The lowest BCUT2D eigenvalue weighted by Crippen LogP contribution is -2.30. The fraction of sp³-hybridized carbons (Fsp3) is 0.625. The third kappa shape index (κ3) is 6.22. The van der Waals surface area contributed by atoms with Gasteiger partial charge in [0.1, 0.15) is 0 Å². The van der Waals surface area contributed by atoms with Gasteiger partial charge >= 0.3 is 0 Å². The first-order chi connectivity index (χ1) is 10.1. The summed E-state index contributed by atoms with van der Waals surface area (Å²) in [5.41, 5.74) is 8.19. The van der Waals surface area contributed by atoms with Gasteiger partial charge in [0, 0.05) is 44.1 Å². The number of benzene rings is 1. The monoisotopic (exact) mass is 314 g/mol. The Kier molecular flexibility index (Phi) is 8.69. The molecule has 0 aliphatic heterocycles. The summed E-state index contributed by atoms with van der Waals surface area (Å²) >= 11 is 6.40. The lowest BCUT2D eigenvalue weighted by atomic mass is 10.0. The van der Waals surface area contributed by atoms with E-state index in [1.54, 1.807) is 14.2 Å². The smallest absolute Gasteiger partial charge is 0.0637 e. The van der Waals surface area contributed by atoms with Crippen molar-refractivity contribution in [1.82, 2.24) is 0 Å². The number of halogens is 1. The van der Waals surface area contributed by atoms with Crippen molar-refractivity contribution in [1.29, 1.82) is 0 Å². The Bertz CT molecular complexity index is 407. The Morgan fingerprint density at radius 2 is 1.81 bits per heavy atom. The Balaban J connectivity index is 2.81. The van der Waals surface area contributed by atoms with Crippen molar-refractivity contribution in [2.24, 2.45) is 5.73 Å². The van der Waals surface area contributed by atoms with E-state index in [2.05, 4.69) is 24.0 Å². The quantitative estimate of drug-likeness (QED) is 0.721. The SMILES string of the molecule is CCC(N)Cc1ccc(N(CCOC)CCOC)cc1Cl. The summed E-state index contributed by atoms with van der Waals surface area (Å²) in [4.78, 5) is 2.21. The highest BCUT2D eigenvalue weighted by Gasteiger charge is 2.10. The number of rotatable bonds is 10. The van der Waals surface area contributed by atoms with Crippen LogP contribution in [0.3, 0.4) is 0 Å². The molecule has 1 atom stereocenters. The number of methoxy groups -OCH3 is 2. The van der Waals surface area contributed by atoms with Crippen molar-refractivity contribution in [2.45, 2.75) is 25.8 Å². The predicted molar refractivity (Wildman–Crippen MR) is 89.4 cm³/mol. The molecule has 0 saturated carbocycles. The van der Waals surface area contributed by atoms with Crippen molar-refractivity contribution in [3.63, 3.8) is 0 Å². The minimum Gasteiger partial charge on any atom is -0.383 e. The van der Waals surface area contributed by atoms with Gasteiger partial charge in [-0.2, -0.15) is 0 Å². The van der Waals surface area contributed by atoms with E-state index < -0.39 is 0 Å². The first kappa shape index (κ1) is 18.2. The van der Waals surface area contributed by atoms with Crippen molar-refractivity contribution >= 4 is 17.3 Å². The maximum atomic E-state index is 6.40. The topological polar surface area (TPSA) is 47.7 Å². The predicted octanol–water partition coefficient (Wildman–Crippen LogP) is 2.72. The molecule has 0 radical (unpaired) electrons. The summed E-state index contributed by atoms with van der Waals surface area (Å²) in [5, 5.41) is 0.774. The van der Waals surface area contributed by atoms with Gasteiger partial charge < -0.3 is 20.1 Å². The molecule has 120 valence electrons. The van der Waals surface area contributed by atoms with E-state index in [0.717, 1.165) is 42.2 Å². The number of nitrogens with zero attached hydrogens (tertiary/aromatic N) is 1. The molecule has 1 aromatic carbocycles. The second-order valence-electron chi connectivity index (χ2n) is 5.12. The summed E-state index contributed by atoms with van der Waals surface area (Å²) in [5.74, 6) is 0. The molecule has 1 unspecified atom stereocenters. The number of hydrogen-bond acceptors (Lipinski definition) is 4. The second kappa shape index (κ2) is 10.0. The average Bonchev–Trinajstić information content (AvgIpc) is 2.49. The first-order valence-corrected chi connectivity index (χ1v) is 7.77. The third-order valence-corrected chi connectivity index (χ3v) is 3.89. The summed E-state index contributed by atoms with van der Waals surface area (Å²) in [7, 11) is 3.41. The molecule has 21 heavy (non-hydrogen) atoms. The highest BCUT2D eigenvalue weighted by Crippen LogP contribution is 2.25. The van der Waals surface area contributed by atoms with E-state index in [-0.39, 0.29) is 6.04 Å². The fourth-order valence-electron chi connectivity index (χ4n) is 2.10. The van der Waals surface area contributed by atoms with Crippen molar-refractivity contribution in [3.8, 4) is 0 Å². The minimum atomic E-state index is 0.159. The van der Waals surface area contributed by atoms with Crippen LogP contribution in [0.2, 0.25) is 5.02 Å². The maximum absolute atomic E-state index is 6.40. The van der Waals surface area contributed by atoms with Gasteiger partial charge in [0.05, 0.1) is 13.2 Å². The first-order valence-electron chi connectivity index (χ1n) is 7.39. The Labute approximate surface area is 133 Å². The van der Waals surface area contributed by atoms with Gasteiger partial charge in [-0.15, -0.1) is 0 Å². The van der Waals surface area contributed by atoms with E-state index in [1.165, 1.54) is 0 Å². The van der Waals surface area contributed by atoms with Crippen molar-refractivity contribution in [3.05, 3.63) is 28.8 Å². The Morgan fingerprint density at radius 3 is 2.29 bits per heavy atom. The van der Waals surface area contributed by atoms with Crippen LogP contribution in [0, 0.1) is 0 Å². The lowest BCUT2D eigenvalue weighted by molar-refractivity contribution is 0.190. The molecule has 1 aromatic rings. The van der Waals surface area contributed by atoms with Gasteiger partial charge in [-0.1, -0.05) is 24.6 Å². The zero-order valence-electron chi connectivity index (χ0n) is 13.3. The van der Waals surface area contributed by atoms with Gasteiger partial charge in [-0.25, -0.2) is 0 Å². The van der Waals surface area contributed by atoms with Gasteiger partial charge in [0.2, 0.25) is 0 Å². The highest BCUT2D eigenvalue weighted by atomic mass is 35.5. The molecule has 0 heterocycles. The molecule has 0 fully saturated rings. The molecule has 0 spiro atoms. The van der Waals surface area contributed by atoms with Gasteiger partial charge in [0.25, 0.3) is 0 Å². The molecule has 0 bridgehead atoms. The van der Waals surface area contributed by atoms with E-state index >= 15 is 0 Å². The zero-order valence-corrected chi connectivity index (χ0v) is 14.0. The molecule has 0 amide bonds. The van der Waals surface area contributed by atoms with Crippen LogP contribution in [-0.4, -0.2) is 46.6 Å². The van der Waals surface area contributed by atoms with Gasteiger partial charge in [-0.05, 0) is 30.5 Å². The standard InChI is InChI=1S/C16H27ClN2O2/c1-4-14(18)11-13-5-6-15(12-16(13)17)19(7-9-20-2)8-10-21-3/h5-6,12,14H,4,7-11,18H2,1-3H3. The molecule has 0 saturated heterocycles. The van der Waals surface area contributed by atoms with E-state index in [4.69, 9.17) is 26.8 Å². The highest BCUT2D eigenvalue weighted by molar-refractivity contribution is 6.31. The van der Waals surface area contributed by atoms with Gasteiger partial charge in [-0.3, -0.25) is 0 Å². The van der Waals surface area contributed by atoms with Crippen LogP contribution in [0.4, 0.5) is 5.69 Å². The van der Waals surface area contributed by atoms with E-state index in [9.17, 15) is 0 Å². The molecule has 0 aromatic heterocycles. The second-order valence-corrected chi connectivity index (χ2v) is 5.53. The zero-order chi connectivity index (χ0) is 15.7. The number of nitrogens with two attached hydrogens (primary N) is 1. The number of ether oxygens (including phenoxy) is 2. The molecule has 0 aliphatic carbocycles. The van der Waals surface area contributed by atoms with Crippen LogP contribution in [0.25, 0.3) is 0 Å². The van der Waals surface area contributed by atoms with Crippen molar-refractivity contribution < 1.29 is 9.47 Å². The molecule has 0 aliphatic rings. The third-order valence-electron chi connectivity index (χ3n) is 3.54. The van der Waals surface area contributed by atoms with Crippen molar-refractivity contribution in [2.75, 3.05) is 45.4 Å². The molecule has 4 nitrogen and oxygen atoms in total. The van der Waals surface area contributed by atoms with Crippen LogP contribution in [0.15, 0.2) is 18.2 Å². The maximum Gasteiger partial charge on any atom is 0.0637 e. The lowest BCUT2D eigenvalue weighted by Gasteiger charge is -2.25. The minimum absolute atomic E-state index is 0.159. The summed E-state index contributed by atoms with van der Waals surface area (Å²) in [6.07, 6.45) is 1.76. The van der Waals surface area contributed by atoms with Crippen LogP contribution >= 0.6 is 11.6 Å². The van der Waals surface area contributed by atoms with Crippen LogP contribution in [0.1, 0.15) is 18.9 Å². The van der Waals surface area contributed by atoms with E-state index in [0.29, 0.717) is 13.2 Å². The Hall–Kier alpha value is -0.810. The van der Waals surface area contributed by atoms with Crippen LogP contribution < -0.4 is 10.6 Å². The number of hydrogen-bond donors (Lipinski definition) is 1.